The minimum absolute atomic E-state index is 0.327. The Morgan fingerprint density at radius 2 is 1.94 bits per heavy atom. The van der Waals surface area contributed by atoms with E-state index in [0.29, 0.717) is 5.28 Å². The van der Waals surface area contributed by atoms with Crippen LogP contribution in [0.25, 0.3) is 0 Å². The van der Waals surface area contributed by atoms with Gasteiger partial charge in [-0.25, -0.2) is 9.97 Å². The monoisotopic (exact) mass is 232 g/mol. The highest BCUT2D eigenvalue weighted by molar-refractivity contribution is 6.28. The summed E-state index contributed by atoms with van der Waals surface area (Å²) in [5, 5.41) is 0.327. The van der Waals surface area contributed by atoms with Gasteiger partial charge in [-0.1, -0.05) is 37.3 Å². The first-order valence-corrected chi connectivity index (χ1v) is 5.71. The number of hydrogen-bond donors (Lipinski definition) is 0. The van der Waals surface area contributed by atoms with Crippen LogP contribution in [0.2, 0.25) is 5.28 Å². The highest BCUT2D eigenvalue weighted by Gasteiger charge is 2.05. The van der Waals surface area contributed by atoms with Gasteiger partial charge in [0, 0.05) is 18.3 Å². The number of hydrogen-bond acceptors (Lipinski definition) is 2. The Balaban J connectivity index is 2.28. The molecule has 0 radical (unpaired) electrons. The Morgan fingerprint density at radius 3 is 2.62 bits per heavy atom. The lowest BCUT2D eigenvalue weighted by Crippen LogP contribution is -1.99. The van der Waals surface area contributed by atoms with Crippen LogP contribution in [-0.4, -0.2) is 9.97 Å². The van der Waals surface area contributed by atoms with Crippen molar-refractivity contribution in [1.29, 1.82) is 0 Å². The molecule has 0 saturated carbocycles. The van der Waals surface area contributed by atoms with E-state index in [0.717, 1.165) is 24.1 Å². The fourth-order valence-electron chi connectivity index (χ4n) is 1.69. The number of rotatable bonds is 3. The van der Waals surface area contributed by atoms with Crippen molar-refractivity contribution in [3.63, 3.8) is 0 Å². The third kappa shape index (κ3) is 2.58. The van der Waals surface area contributed by atoms with Crippen molar-refractivity contribution in [3.8, 4) is 0 Å². The van der Waals surface area contributed by atoms with Gasteiger partial charge >= 0.3 is 0 Å². The van der Waals surface area contributed by atoms with E-state index in [-0.39, 0.29) is 0 Å². The summed E-state index contributed by atoms with van der Waals surface area (Å²) >= 11 is 5.78. The van der Waals surface area contributed by atoms with Crippen molar-refractivity contribution in [2.75, 3.05) is 0 Å². The molecule has 0 atom stereocenters. The Morgan fingerprint density at radius 1 is 1.19 bits per heavy atom. The lowest BCUT2D eigenvalue weighted by Gasteiger charge is -2.06. The molecule has 1 aromatic heterocycles. The summed E-state index contributed by atoms with van der Waals surface area (Å²) in [6.45, 7) is 2.08. The van der Waals surface area contributed by atoms with Crippen LogP contribution in [0.5, 0.6) is 0 Å². The first kappa shape index (κ1) is 11.1. The normalized spacial score (nSPS) is 10.4. The summed E-state index contributed by atoms with van der Waals surface area (Å²) in [4.78, 5) is 8.28. The van der Waals surface area contributed by atoms with Crippen LogP contribution in [0.1, 0.15) is 23.7 Å². The second-order valence-electron chi connectivity index (χ2n) is 3.63. The molecule has 0 N–H and O–H groups in total. The van der Waals surface area contributed by atoms with Crippen LogP contribution in [0.3, 0.4) is 0 Å². The minimum Gasteiger partial charge on any atom is -0.226 e. The van der Waals surface area contributed by atoms with Gasteiger partial charge in [-0.15, -0.1) is 0 Å². The molecule has 3 heteroatoms. The molecular weight excluding hydrogens is 220 g/mol. The predicted octanol–water partition coefficient (Wildman–Crippen LogP) is 3.28. The van der Waals surface area contributed by atoms with Crippen molar-refractivity contribution in [2.24, 2.45) is 0 Å². The largest absolute Gasteiger partial charge is 0.226 e. The molecule has 0 aliphatic carbocycles. The van der Waals surface area contributed by atoms with Gasteiger partial charge < -0.3 is 0 Å². The summed E-state index contributed by atoms with van der Waals surface area (Å²) in [6, 6.07) is 10.3. The maximum Gasteiger partial charge on any atom is 0.222 e. The van der Waals surface area contributed by atoms with E-state index in [1.165, 1.54) is 5.56 Å². The highest BCUT2D eigenvalue weighted by atomic mass is 35.5. The SMILES string of the molecule is CCc1nc(Cl)ncc1Cc1ccccc1. The summed E-state index contributed by atoms with van der Waals surface area (Å²) < 4.78 is 0. The molecule has 82 valence electrons. The van der Waals surface area contributed by atoms with Crippen molar-refractivity contribution in [1.82, 2.24) is 9.97 Å². The van der Waals surface area contributed by atoms with Crippen LogP contribution < -0.4 is 0 Å². The molecule has 2 nitrogen and oxygen atoms in total. The lowest BCUT2D eigenvalue weighted by atomic mass is 10.0. The van der Waals surface area contributed by atoms with Crippen LogP contribution in [0.4, 0.5) is 0 Å². The zero-order valence-electron chi connectivity index (χ0n) is 9.15. The Labute approximate surface area is 100 Å². The van der Waals surface area contributed by atoms with Gasteiger partial charge in [-0.05, 0) is 29.1 Å². The average Bonchev–Trinajstić information content (AvgIpc) is 2.33. The Kier molecular flexibility index (Phi) is 3.52. The maximum atomic E-state index is 5.78. The molecule has 0 spiro atoms. The predicted molar refractivity (Wildman–Crippen MR) is 65.7 cm³/mol. The molecule has 0 amide bonds. The molecule has 1 aromatic carbocycles. The third-order valence-electron chi connectivity index (χ3n) is 2.50. The summed E-state index contributed by atoms with van der Waals surface area (Å²) in [6.07, 6.45) is 3.56. The van der Waals surface area contributed by atoms with Crippen molar-refractivity contribution in [2.45, 2.75) is 19.8 Å². The standard InChI is InChI=1S/C13H13ClN2/c1-2-12-11(9-15-13(14)16-12)8-10-6-4-3-5-7-10/h3-7,9H,2,8H2,1H3. The van der Waals surface area contributed by atoms with E-state index >= 15 is 0 Å². The first-order chi connectivity index (χ1) is 7.79. The van der Waals surface area contributed by atoms with E-state index in [4.69, 9.17) is 11.6 Å². The number of aromatic nitrogens is 2. The highest BCUT2D eigenvalue weighted by Crippen LogP contribution is 2.14. The Bertz CT molecular complexity index is 469. The van der Waals surface area contributed by atoms with Crippen LogP contribution in [-0.2, 0) is 12.8 Å². The zero-order valence-corrected chi connectivity index (χ0v) is 9.91. The second kappa shape index (κ2) is 5.08. The van der Waals surface area contributed by atoms with Crippen molar-refractivity contribution in [3.05, 3.63) is 58.6 Å². The molecule has 0 aliphatic rings. The molecule has 2 aromatic rings. The summed E-state index contributed by atoms with van der Waals surface area (Å²) in [7, 11) is 0. The molecule has 0 saturated heterocycles. The van der Waals surface area contributed by atoms with Gasteiger partial charge in [0.1, 0.15) is 0 Å². The number of benzene rings is 1. The number of nitrogens with zero attached hydrogens (tertiary/aromatic N) is 2. The fraction of sp³-hybridized carbons (Fsp3) is 0.231. The number of halogens is 1. The van der Waals surface area contributed by atoms with E-state index in [1.54, 1.807) is 0 Å². The van der Waals surface area contributed by atoms with Gasteiger partial charge in [0.15, 0.2) is 0 Å². The Hall–Kier alpha value is -1.41. The van der Waals surface area contributed by atoms with E-state index < -0.39 is 0 Å². The maximum absolute atomic E-state index is 5.78. The minimum atomic E-state index is 0.327. The molecule has 1 heterocycles. The van der Waals surface area contributed by atoms with Gasteiger partial charge in [0.05, 0.1) is 0 Å². The van der Waals surface area contributed by atoms with Crippen LogP contribution >= 0.6 is 11.6 Å². The van der Waals surface area contributed by atoms with Crippen molar-refractivity contribution >= 4 is 11.6 Å². The average molecular weight is 233 g/mol. The van der Waals surface area contributed by atoms with Gasteiger partial charge in [0.25, 0.3) is 0 Å². The molecule has 0 unspecified atom stereocenters. The summed E-state index contributed by atoms with van der Waals surface area (Å²) in [5.74, 6) is 0. The fourth-order valence-corrected chi connectivity index (χ4v) is 1.84. The quantitative estimate of drug-likeness (QED) is 0.759. The topological polar surface area (TPSA) is 25.8 Å². The molecule has 0 bridgehead atoms. The molecular formula is C13H13ClN2. The number of aryl methyl sites for hydroxylation is 1. The third-order valence-corrected chi connectivity index (χ3v) is 2.68. The zero-order chi connectivity index (χ0) is 11.4. The first-order valence-electron chi connectivity index (χ1n) is 5.34. The van der Waals surface area contributed by atoms with Gasteiger partial charge in [-0.3, -0.25) is 0 Å². The van der Waals surface area contributed by atoms with Crippen LogP contribution in [0, 0.1) is 0 Å². The van der Waals surface area contributed by atoms with Crippen molar-refractivity contribution < 1.29 is 0 Å². The van der Waals surface area contributed by atoms with E-state index in [1.807, 2.05) is 24.4 Å². The molecule has 2 rings (SSSR count). The van der Waals surface area contributed by atoms with E-state index in [9.17, 15) is 0 Å². The van der Waals surface area contributed by atoms with E-state index in [2.05, 4.69) is 29.0 Å². The second-order valence-corrected chi connectivity index (χ2v) is 3.96. The summed E-state index contributed by atoms with van der Waals surface area (Å²) in [5.41, 5.74) is 3.45. The van der Waals surface area contributed by atoms with Gasteiger partial charge in [-0.2, -0.15) is 0 Å². The molecule has 0 aliphatic heterocycles. The molecule has 16 heavy (non-hydrogen) atoms. The van der Waals surface area contributed by atoms with Gasteiger partial charge in [0.2, 0.25) is 5.28 Å². The van der Waals surface area contributed by atoms with Crippen LogP contribution in [0.15, 0.2) is 36.5 Å². The molecule has 0 fully saturated rings. The smallest absolute Gasteiger partial charge is 0.222 e. The lowest BCUT2D eigenvalue weighted by molar-refractivity contribution is 0.943.